The van der Waals surface area contributed by atoms with E-state index >= 15 is 0 Å². The fraction of sp³-hybridized carbons (Fsp3) is 0.113. The topological polar surface area (TPSA) is 35.9 Å². The number of thiophene rings is 1. The summed E-state index contributed by atoms with van der Waals surface area (Å²) in [6, 6.07) is 69.7. The van der Waals surface area contributed by atoms with Gasteiger partial charge in [-0.05, 0) is 195 Å². The Morgan fingerprint density at radius 2 is 0.974 bits per heavy atom. The number of fused-ring (bicyclic) bond motifs is 12. The zero-order valence-electron chi connectivity index (χ0n) is 43.4. The molecular formula is C71H53N3OS. The molecular weight excluding hydrogens is 943 g/mol. The van der Waals surface area contributed by atoms with Crippen LogP contribution in [-0.2, 0) is 0 Å². The molecule has 1 atom stereocenters. The molecule has 1 unspecified atom stereocenters. The van der Waals surface area contributed by atoms with E-state index in [0.29, 0.717) is 5.92 Å². The highest BCUT2D eigenvalue weighted by molar-refractivity contribution is 7.25. The summed E-state index contributed by atoms with van der Waals surface area (Å²) < 4.78 is 13.8. The Bertz CT molecular complexity index is 4850. The van der Waals surface area contributed by atoms with Crippen LogP contribution in [-0.4, -0.2) is 14.1 Å². The van der Waals surface area contributed by atoms with Crippen molar-refractivity contribution in [2.75, 3.05) is 0 Å². The van der Waals surface area contributed by atoms with E-state index in [1.165, 1.54) is 103 Å². The van der Waals surface area contributed by atoms with Crippen LogP contribution in [0.25, 0.3) is 136 Å². The van der Waals surface area contributed by atoms with Gasteiger partial charge in [0.2, 0.25) is 0 Å². The average Bonchev–Trinajstić information content (AvgIpc) is 4.22. The fourth-order valence-corrected chi connectivity index (χ4v) is 14.4. The lowest BCUT2D eigenvalue weighted by atomic mass is 9.83. The van der Waals surface area contributed by atoms with Gasteiger partial charge in [-0.1, -0.05) is 103 Å². The molecule has 9 aromatic carbocycles. The number of benzene rings is 9. The first-order chi connectivity index (χ1) is 37.1. The van der Waals surface area contributed by atoms with Gasteiger partial charge in [0.1, 0.15) is 11.2 Å². The number of nitrogens with zero attached hydrogens (tertiary/aromatic N) is 3. The van der Waals surface area contributed by atoms with Crippen LogP contribution in [0.2, 0.25) is 0 Å². The molecule has 364 valence electrons. The summed E-state index contributed by atoms with van der Waals surface area (Å²) >= 11 is 1.86. The van der Waals surface area contributed by atoms with Crippen molar-refractivity contribution in [1.29, 1.82) is 0 Å². The predicted octanol–water partition coefficient (Wildman–Crippen LogP) is 20.2. The minimum absolute atomic E-state index is 0.543. The summed E-state index contributed by atoms with van der Waals surface area (Å²) in [5, 5.41) is 9.67. The van der Waals surface area contributed by atoms with Gasteiger partial charge in [0.05, 0.1) is 33.5 Å². The van der Waals surface area contributed by atoms with Crippen LogP contribution in [0, 0.1) is 26.7 Å². The molecule has 0 saturated heterocycles. The van der Waals surface area contributed by atoms with E-state index in [1.807, 2.05) is 23.5 Å². The number of rotatable bonds is 6. The molecule has 5 aromatic heterocycles. The van der Waals surface area contributed by atoms with Crippen molar-refractivity contribution in [1.82, 2.24) is 14.1 Å². The van der Waals surface area contributed by atoms with Crippen molar-refractivity contribution >= 4 is 103 Å². The third-order valence-electron chi connectivity index (χ3n) is 16.3. The number of pyridine rings is 1. The van der Waals surface area contributed by atoms with E-state index in [1.54, 1.807) is 0 Å². The number of para-hydroxylation sites is 1. The zero-order chi connectivity index (χ0) is 51.1. The van der Waals surface area contributed by atoms with Crippen molar-refractivity contribution in [2.24, 2.45) is 5.92 Å². The smallest absolute Gasteiger partial charge is 0.135 e. The molecule has 0 fully saturated rings. The van der Waals surface area contributed by atoms with Crippen LogP contribution >= 0.6 is 11.3 Å². The van der Waals surface area contributed by atoms with Crippen LogP contribution in [0.4, 0.5) is 0 Å². The van der Waals surface area contributed by atoms with Gasteiger partial charge in [-0.2, -0.15) is 0 Å². The minimum atomic E-state index is 0.543. The Labute approximate surface area is 445 Å². The standard InChI is InChI=1S/C71H53N3OS/c1-40-30-42(3)70(43(4)31-40)48-20-26-64-56(36-48)54-34-46(18-24-62(54)73(64)50-22-28-67-58(38-50)52-12-7-9-16-66(52)75-67)60-14-11-15-61(72-60)47-19-25-63-55(35-47)57-37-49(71-44(5)32-41(2)33-45(71)6)21-27-65(57)74(63)51-23-29-69-59(39-51)53-13-8-10-17-68(53)76-69/h7-32,34-39,41H,33H2,1-6H3. The zero-order valence-corrected chi connectivity index (χ0v) is 44.2. The molecule has 0 spiro atoms. The van der Waals surface area contributed by atoms with E-state index < -0.39 is 0 Å². The lowest BCUT2D eigenvalue weighted by Gasteiger charge is -2.22. The molecule has 5 heterocycles. The van der Waals surface area contributed by atoms with E-state index in [4.69, 9.17) is 9.40 Å². The van der Waals surface area contributed by atoms with E-state index in [-0.39, 0.29) is 0 Å². The SMILES string of the molecule is CC1=CC(C)CC(C)=C1c1ccc2c(c1)c1cc(-c3cccc(-c4ccc5c(c4)c4cc(-c6c(C)cc(C)cc6C)ccc4n5-c4ccc5oc6ccccc6c5c4)n3)ccc1n2-c1ccc2sc3ccccc3c2c1. The minimum Gasteiger partial charge on any atom is -0.456 e. The lowest BCUT2D eigenvalue weighted by molar-refractivity contribution is 0.669. The summed E-state index contributed by atoms with van der Waals surface area (Å²) in [6.07, 6.45) is 3.52. The van der Waals surface area contributed by atoms with Crippen molar-refractivity contribution in [3.63, 3.8) is 0 Å². The third kappa shape index (κ3) is 6.92. The Kier molecular flexibility index (Phi) is 9.92. The molecule has 15 rings (SSSR count). The summed E-state index contributed by atoms with van der Waals surface area (Å²) in [5.41, 5.74) is 24.6. The van der Waals surface area contributed by atoms with Gasteiger partial charge in [-0.3, -0.25) is 0 Å². The highest BCUT2D eigenvalue weighted by Gasteiger charge is 2.22. The number of hydrogen-bond acceptors (Lipinski definition) is 3. The molecule has 0 amide bonds. The molecule has 76 heavy (non-hydrogen) atoms. The largest absolute Gasteiger partial charge is 0.456 e. The molecule has 1 aliphatic rings. The molecule has 0 bridgehead atoms. The van der Waals surface area contributed by atoms with Gasteiger partial charge >= 0.3 is 0 Å². The fourth-order valence-electron chi connectivity index (χ4n) is 13.3. The number of allylic oxidation sites excluding steroid dienone is 4. The molecule has 14 aromatic rings. The Morgan fingerprint density at radius 1 is 0.447 bits per heavy atom. The second-order valence-electron chi connectivity index (χ2n) is 21.5. The number of hydrogen-bond donors (Lipinski definition) is 0. The normalized spacial score (nSPS) is 14.3. The van der Waals surface area contributed by atoms with Crippen LogP contribution in [0.3, 0.4) is 0 Å². The molecule has 0 N–H and O–H groups in total. The maximum Gasteiger partial charge on any atom is 0.135 e. The Balaban J connectivity index is 0.893. The predicted molar refractivity (Wildman–Crippen MR) is 324 cm³/mol. The van der Waals surface area contributed by atoms with Crippen LogP contribution < -0.4 is 0 Å². The van der Waals surface area contributed by atoms with Crippen molar-refractivity contribution < 1.29 is 4.42 Å². The highest BCUT2D eigenvalue weighted by atomic mass is 32.1. The number of furan rings is 1. The van der Waals surface area contributed by atoms with Gasteiger partial charge in [-0.15, -0.1) is 11.3 Å². The first-order valence-corrected chi connectivity index (χ1v) is 27.4. The quantitative estimate of drug-likeness (QED) is 0.166. The van der Waals surface area contributed by atoms with Gasteiger partial charge in [-0.25, -0.2) is 4.98 Å². The second-order valence-corrected chi connectivity index (χ2v) is 22.6. The summed E-state index contributed by atoms with van der Waals surface area (Å²) in [6.45, 7) is 13.6. The molecule has 0 radical (unpaired) electrons. The lowest BCUT2D eigenvalue weighted by Crippen LogP contribution is -2.03. The third-order valence-corrected chi connectivity index (χ3v) is 17.5. The Morgan fingerprint density at radius 3 is 1.63 bits per heavy atom. The molecule has 0 saturated carbocycles. The summed E-state index contributed by atoms with van der Waals surface area (Å²) in [5.74, 6) is 0.543. The van der Waals surface area contributed by atoms with Crippen molar-refractivity contribution in [3.8, 4) is 45.0 Å². The van der Waals surface area contributed by atoms with Crippen LogP contribution in [0.1, 0.15) is 49.4 Å². The molecule has 5 heteroatoms. The monoisotopic (exact) mass is 995 g/mol. The highest BCUT2D eigenvalue weighted by Crippen LogP contribution is 2.44. The van der Waals surface area contributed by atoms with E-state index in [0.717, 1.165) is 73.3 Å². The molecule has 0 aliphatic heterocycles. The second kappa shape index (κ2) is 16.9. The maximum atomic E-state index is 6.30. The molecule has 1 aliphatic carbocycles. The van der Waals surface area contributed by atoms with Crippen LogP contribution in [0.15, 0.2) is 210 Å². The van der Waals surface area contributed by atoms with Crippen molar-refractivity contribution in [3.05, 3.63) is 228 Å². The first kappa shape index (κ1) is 44.7. The van der Waals surface area contributed by atoms with Gasteiger partial charge in [0.15, 0.2) is 0 Å². The summed E-state index contributed by atoms with van der Waals surface area (Å²) in [4.78, 5) is 5.51. The van der Waals surface area contributed by atoms with Crippen molar-refractivity contribution in [2.45, 2.75) is 48.0 Å². The van der Waals surface area contributed by atoms with E-state index in [9.17, 15) is 0 Å². The molecule has 4 nitrogen and oxygen atoms in total. The summed E-state index contributed by atoms with van der Waals surface area (Å²) in [7, 11) is 0. The van der Waals surface area contributed by atoms with Crippen LogP contribution in [0.5, 0.6) is 0 Å². The van der Waals surface area contributed by atoms with Gasteiger partial charge in [0, 0.05) is 75.0 Å². The first-order valence-electron chi connectivity index (χ1n) is 26.5. The number of aromatic nitrogens is 3. The average molecular weight is 996 g/mol. The van der Waals surface area contributed by atoms with Gasteiger partial charge in [0.25, 0.3) is 0 Å². The van der Waals surface area contributed by atoms with E-state index in [2.05, 4.69) is 233 Å². The maximum absolute atomic E-state index is 6.30. The Hall–Kier alpha value is -8.77. The number of aryl methyl sites for hydroxylation is 3. The van der Waals surface area contributed by atoms with Gasteiger partial charge < -0.3 is 13.6 Å².